The first-order valence-corrected chi connectivity index (χ1v) is 12.6. The molecule has 5 rings (SSSR count). The van der Waals surface area contributed by atoms with Crippen molar-refractivity contribution in [2.24, 2.45) is 28.6 Å². The van der Waals surface area contributed by atoms with Gasteiger partial charge in [0.05, 0.1) is 0 Å². The molecule has 3 saturated carbocycles. The molecule has 0 radical (unpaired) electrons. The molecule has 0 aromatic heterocycles. The minimum Gasteiger partial charge on any atom is -0.429 e. The van der Waals surface area contributed by atoms with Crippen molar-refractivity contribution in [1.29, 1.82) is 0 Å². The maximum absolute atomic E-state index is 13.6. The Bertz CT molecular complexity index is 1170. The Hall–Kier alpha value is -3.06. The number of hydrogen-bond acceptors (Lipinski definition) is 7. The van der Waals surface area contributed by atoms with E-state index in [2.05, 4.69) is 0 Å². The van der Waals surface area contributed by atoms with Crippen molar-refractivity contribution in [3.63, 3.8) is 0 Å². The molecule has 7 heteroatoms. The fourth-order valence-corrected chi connectivity index (χ4v) is 7.49. The molecule has 190 valence electrons. The topological polar surface area (TPSA) is 107 Å². The number of carbonyl (C=O) groups is 4. The molecule has 0 spiro atoms. The number of rotatable bonds is 5. The van der Waals surface area contributed by atoms with Gasteiger partial charge in [-0.05, 0) is 55.2 Å². The highest BCUT2D eigenvalue weighted by Crippen LogP contribution is 2.66. The van der Waals surface area contributed by atoms with Crippen molar-refractivity contribution in [2.75, 3.05) is 6.61 Å². The summed E-state index contributed by atoms with van der Waals surface area (Å²) in [5.74, 6) is -0.916. The molecule has 0 aliphatic heterocycles. The van der Waals surface area contributed by atoms with E-state index >= 15 is 0 Å². The Kier molecular flexibility index (Phi) is 6.02. The summed E-state index contributed by atoms with van der Waals surface area (Å²) >= 11 is 0. The summed E-state index contributed by atoms with van der Waals surface area (Å²) in [6, 6.07) is 9.11. The molecule has 7 nitrogen and oxygen atoms in total. The summed E-state index contributed by atoms with van der Waals surface area (Å²) in [4.78, 5) is 50.9. The van der Waals surface area contributed by atoms with Crippen molar-refractivity contribution >= 4 is 23.5 Å². The van der Waals surface area contributed by atoms with E-state index in [1.165, 1.54) is 0 Å². The lowest BCUT2D eigenvalue weighted by atomic mass is 9.46. The highest BCUT2D eigenvalue weighted by atomic mass is 16.7. The van der Waals surface area contributed by atoms with E-state index in [1.807, 2.05) is 38.1 Å². The van der Waals surface area contributed by atoms with Crippen LogP contribution in [-0.2, 0) is 30.5 Å². The second-order valence-corrected chi connectivity index (χ2v) is 11.2. The molecule has 1 aromatic carbocycles. The minimum absolute atomic E-state index is 0.00910. The van der Waals surface area contributed by atoms with E-state index in [1.54, 1.807) is 24.3 Å². The molecule has 6 atom stereocenters. The molecule has 1 N–H and O–H groups in total. The standard InChI is InChI=1S/C29H32O7/c1-27-12-10-20(30)14-19(27)8-9-21-22-11-13-29(34,28(22,2)15-23(31)25(21)27)24(32)17-36-26(33)35-16-18-6-4-3-5-7-18/h3-7,10,12,14,21-22,25,34H,8-9,11,13,15-17H2,1-2H3/t21-,22-,25+,27-,28-,29-/m0/s1. The predicted octanol–water partition coefficient (Wildman–Crippen LogP) is 4.13. The fraction of sp³-hybridized carbons (Fsp3) is 0.517. The first-order chi connectivity index (χ1) is 17.1. The zero-order valence-corrected chi connectivity index (χ0v) is 20.7. The Balaban J connectivity index is 1.29. The quantitative estimate of drug-likeness (QED) is 0.616. The lowest BCUT2D eigenvalue weighted by Crippen LogP contribution is -2.60. The van der Waals surface area contributed by atoms with E-state index < -0.39 is 35.0 Å². The maximum atomic E-state index is 13.6. The predicted molar refractivity (Wildman–Crippen MR) is 130 cm³/mol. The van der Waals surface area contributed by atoms with Gasteiger partial charge in [0.1, 0.15) is 18.0 Å². The molecule has 3 fully saturated rings. The van der Waals surface area contributed by atoms with E-state index in [4.69, 9.17) is 9.47 Å². The highest BCUT2D eigenvalue weighted by molar-refractivity contribution is 6.02. The van der Waals surface area contributed by atoms with Crippen LogP contribution in [0.1, 0.15) is 51.5 Å². The number of Topliss-reactive ketones (excluding diaryl/α,β-unsaturated/α-hetero) is 2. The average molecular weight is 493 g/mol. The molecule has 0 unspecified atom stereocenters. The largest absolute Gasteiger partial charge is 0.509 e. The average Bonchev–Trinajstić information content (AvgIpc) is 3.13. The van der Waals surface area contributed by atoms with Crippen molar-refractivity contribution in [2.45, 2.75) is 58.2 Å². The summed E-state index contributed by atoms with van der Waals surface area (Å²) in [6.07, 6.45) is 6.49. The zero-order chi connectivity index (χ0) is 25.7. The molecule has 0 bridgehead atoms. The van der Waals surface area contributed by atoms with Crippen LogP contribution in [0.5, 0.6) is 0 Å². The van der Waals surface area contributed by atoms with Crippen molar-refractivity contribution < 1.29 is 33.8 Å². The van der Waals surface area contributed by atoms with Crippen molar-refractivity contribution in [1.82, 2.24) is 0 Å². The second-order valence-electron chi connectivity index (χ2n) is 11.2. The van der Waals surface area contributed by atoms with E-state index in [0.29, 0.717) is 6.42 Å². The van der Waals surface area contributed by atoms with Gasteiger partial charge in [0.2, 0.25) is 5.78 Å². The van der Waals surface area contributed by atoms with Gasteiger partial charge < -0.3 is 14.6 Å². The zero-order valence-electron chi connectivity index (χ0n) is 20.7. The van der Waals surface area contributed by atoms with Gasteiger partial charge in [0.15, 0.2) is 12.4 Å². The van der Waals surface area contributed by atoms with Crippen molar-refractivity contribution in [3.05, 3.63) is 59.7 Å². The van der Waals surface area contributed by atoms with Crippen LogP contribution in [0.15, 0.2) is 54.1 Å². The number of carbonyl (C=O) groups excluding carboxylic acids is 4. The van der Waals surface area contributed by atoms with Crippen LogP contribution in [0.3, 0.4) is 0 Å². The smallest absolute Gasteiger partial charge is 0.429 e. The summed E-state index contributed by atoms with van der Waals surface area (Å²) < 4.78 is 10.1. The second kappa shape index (κ2) is 8.80. The van der Waals surface area contributed by atoms with E-state index in [0.717, 1.165) is 24.0 Å². The molecule has 4 aliphatic carbocycles. The van der Waals surface area contributed by atoms with Crippen molar-refractivity contribution in [3.8, 4) is 0 Å². The number of ether oxygens (including phenoxy) is 2. The monoisotopic (exact) mass is 492 g/mol. The molecule has 4 aliphatic rings. The molecule has 36 heavy (non-hydrogen) atoms. The number of ketones is 3. The van der Waals surface area contributed by atoms with Crippen LogP contribution in [-0.4, -0.2) is 40.8 Å². The molecule has 0 heterocycles. The van der Waals surface area contributed by atoms with Gasteiger partial charge in [-0.15, -0.1) is 0 Å². The van der Waals surface area contributed by atoms with Gasteiger partial charge in [-0.1, -0.05) is 55.8 Å². The first kappa shape index (κ1) is 24.6. The van der Waals surface area contributed by atoms with Crippen LogP contribution < -0.4 is 0 Å². The van der Waals surface area contributed by atoms with Gasteiger partial charge >= 0.3 is 6.16 Å². The van der Waals surface area contributed by atoms with Crippen LogP contribution in [0.25, 0.3) is 0 Å². The highest BCUT2D eigenvalue weighted by Gasteiger charge is 2.68. The minimum atomic E-state index is -1.76. The van der Waals surface area contributed by atoms with Crippen LogP contribution in [0.2, 0.25) is 0 Å². The number of aliphatic hydroxyl groups is 1. The lowest BCUT2D eigenvalue weighted by molar-refractivity contribution is -0.169. The van der Waals surface area contributed by atoms with E-state index in [9.17, 15) is 24.3 Å². The lowest BCUT2D eigenvalue weighted by Gasteiger charge is -2.56. The van der Waals surface area contributed by atoms with Gasteiger partial charge in [-0.2, -0.15) is 0 Å². The maximum Gasteiger partial charge on any atom is 0.509 e. The fourth-order valence-electron chi connectivity index (χ4n) is 7.49. The molecule has 0 amide bonds. The Morgan fingerprint density at radius 3 is 2.58 bits per heavy atom. The molecule has 0 saturated heterocycles. The molecular weight excluding hydrogens is 460 g/mol. The van der Waals surface area contributed by atoms with Gasteiger partial charge in [-0.25, -0.2) is 4.79 Å². The summed E-state index contributed by atoms with van der Waals surface area (Å²) in [7, 11) is 0. The Labute approximate surface area is 210 Å². The number of benzene rings is 1. The van der Waals surface area contributed by atoms with Crippen LogP contribution in [0, 0.1) is 28.6 Å². The van der Waals surface area contributed by atoms with E-state index in [-0.39, 0.29) is 48.8 Å². The Morgan fingerprint density at radius 1 is 1.08 bits per heavy atom. The third-order valence-electron chi connectivity index (χ3n) is 9.39. The van der Waals surface area contributed by atoms with Gasteiger partial charge in [-0.3, -0.25) is 14.4 Å². The normalized spacial score (nSPS) is 36.9. The molecule has 1 aromatic rings. The summed E-state index contributed by atoms with van der Waals surface area (Å²) in [5.41, 5.74) is -1.41. The summed E-state index contributed by atoms with van der Waals surface area (Å²) in [6.45, 7) is 3.27. The summed E-state index contributed by atoms with van der Waals surface area (Å²) in [5, 5.41) is 11.7. The van der Waals surface area contributed by atoms with Crippen LogP contribution in [0.4, 0.5) is 4.79 Å². The molecular formula is C29H32O7. The third-order valence-corrected chi connectivity index (χ3v) is 9.39. The number of allylic oxidation sites excluding steroid dienone is 4. The number of fused-ring (bicyclic) bond motifs is 5. The van der Waals surface area contributed by atoms with Gasteiger partial charge in [0, 0.05) is 23.2 Å². The third kappa shape index (κ3) is 3.76. The van der Waals surface area contributed by atoms with Gasteiger partial charge in [0.25, 0.3) is 0 Å². The number of hydrogen-bond donors (Lipinski definition) is 1. The first-order valence-electron chi connectivity index (χ1n) is 12.6. The Morgan fingerprint density at radius 2 is 1.83 bits per heavy atom. The van der Waals surface area contributed by atoms with Crippen LogP contribution >= 0.6 is 0 Å². The SMILES string of the molecule is C[C@]12C=CC(=O)C=C1CC[C@@H]1[C@@H]2C(=O)C[C@@]2(C)[C@H]1CC[C@]2(O)C(=O)COC(=O)OCc1ccccc1.